The molecule has 0 bridgehead atoms. The summed E-state index contributed by atoms with van der Waals surface area (Å²) in [6.07, 6.45) is 1.08. The Morgan fingerprint density at radius 2 is 1.62 bits per heavy atom. The molecule has 0 aliphatic heterocycles. The third kappa shape index (κ3) is 4.31. The topological polar surface area (TPSA) is 34.1 Å². The Morgan fingerprint density at radius 1 is 1.12 bits per heavy atom. The van der Waals surface area contributed by atoms with E-state index in [-0.39, 0.29) is 10.8 Å². The summed E-state index contributed by atoms with van der Waals surface area (Å²) in [5.41, 5.74) is 0.699. The maximum Gasteiger partial charge on any atom is 0.175 e. The zero-order chi connectivity index (χ0) is 12.9. The Bertz CT molecular complexity index is 436. The van der Waals surface area contributed by atoms with Crippen molar-refractivity contribution in [3.8, 4) is 0 Å². The summed E-state index contributed by atoms with van der Waals surface area (Å²) in [6.45, 7) is 7.78. The zero-order valence-electron chi connectivity index (χ0n) is 10.4. The maximum atomic E-state index is 13.1. The molecule has 0 saturated heterocycles. The molecular formula is C12H19FO2S. The van der Waals surface area contributed by atoms with Gasteiger partial charge in [-0.15, -0.1) is 0 Å². The van der Waals surface area contributed by atoms with Gasteiger partial charge in [0.2, 0.25) is 0 Å². The molecule has 0 aliphatic rings. The van der Waals surface area contributed by atoms with E-state index >= 15 is 0 Å². The number of halogens is 1. The molecule has 4 heteroatoms. The van der Waals surface area contributed by atoms with Crippen LogP contribution in [0.3, 0.4) is 0 Å². The predicted molar refractivity (Wildman–Crippen MR) is 64.9 cm³/mol. The van der Waals surface area contributed by atoms with Crippen LogP contribution in [-0.4, -0.2) is 14.7 Å². The smallest absolute Gasteiger partial charge is 0.175 e. The third-order valence-corrected chi connectivity index (χ3v) is 3.08. The molecule has 0 heterocycles. The molecule has 0 aliphatic carbocycles. The molecule has 0 radical (unpaired) electrons. The molecule has 1 aromatic rings. The molecule has 16 heavy (non-hydrogen) atoms. The van der Waals surface area contributed by atoms with Crippen molar-refractivity contribution in [2.45, 2.75) is 38.5 Å². The van der Waals surface area contributed by atoms with Crippen molar-refractivity contribution in [2.24, 2.45) is 0 Å². The molecule has 0 aromatic heterocycles. The summed E-state index contributed by atoms with van der Waals surface area (Å²) in [7, 11) is -3.32. The SMILES string of the molecule is CC.CC(C)c1cc(F)cc(S(C)(=O)=O)c1. The van der Waals surface area contributed by atoms with Crippen LogP contribution in [0.15, 0.2) is 23.1 Å². The normalized spacial score (nSPS) is 10.9. The molecule has 0 N–H and O–H groups in total. The molecule has 1 rings (SSSR count). The van der Waals surface area contributed by atoms with Gasteiger partial charge in [0.05, 0.1) is 4.90 Å². The van der Waals surface area contributed by atoms with Gasteiger partial charge in [-0.05, 0) is 29.7 Å². The fourth-order valence-electron chi connectivity index (χ4n) is 1.13. The number of benzene rings is 1. The Morgan fingerprint density at radius 3 is 2.00 bits per heavy atom. The highest BCUT2D eigenvalue weighted by Gasteiger charge is 2.11. The first kappa shape index (κ1) is 15.1. The van der Waals surface area contributed by atoms with Gasteiger partial charge >= 0.3 is 0 Å². The third-order valence-electron chi connectivity index (χ3n) is 1.99. The summed E-state index contributed by atoms with van der Waals surface area (Å²) in [5, 5.41) is 0. The van der Waals surface area contributed by atoms with Gasteiger partial charge in [-0.1, -0.05) is 27.7 Å². The minimum atomic E-state index is -3.32. The van der Waals surface area contributed by atoms with Crippen molar-refractivity contribution in [1.82, 2.24) is 0 Å². The van der Waals surface area contributed by atoms with Gasteiger partial charge in [0.1, 0.15) is 5.82 Å². The van der Waals surface area contributed by atoms with E-state index in [1.165, 1.54) is 12.1 Å². The van der Waals surface area contributed by atoms with E-state index in [0.717, 1.165) is 12.3 Å². The van der Waals surface area contributed by atoms with Crippen LogP contribution in [0, 0.1) is 5.82 Å². The highest BCUT2D eigenvalue weighted by molar-refractivity contribution is 7.90. The van der Waals surface area contributed by atoms with Crippen LogP contribution < -0.4 is 0 Å². The zero-order valence-corrected chi connectivity index (χ0v) is 11.2. The van der Waals surface area contributed by atoms with Gasteiger partial charge in [0, 0.05) is 6.26 Å². The van der Waals surface area contributed by atoms with Crippen molar-refractivity contribution in [3.63, 3.8) is 0 Å². The quantitative estimate of drug-likeness (QED) is 0.801. The summed E-state index contributed by atoms with van der Waals surface area (Å²) in [6, 6.07) is 3.92. The number of hydrogen-bond donors (Lipinski definition) is 0. The van der Waals surface area contributed by atoms with Crippen LogP contribution in [0.2, 0.25) is 0 Å². The lowest BCUT2D eigenvalue weighted by Crippen LogP contribution is -2.00. The van der Waals surface area contributed by atoms with Gasteiger partial charge in [0.25, 0.3) is 0 Å². The molecule has 2 nitrogen and oxygen atoms in total. The molecule has 0 unspecified atom stereocenters. The molecule has 0 amide bonds. The Labute approximate surface area is 97.4 Å². The van der Waals surface area contributed by atoms with Gasteiger partial charge < -0.3 is 0 Å². The maximum absolute atomic E-state index is 13.1. The molecule has 0 atom stereocenters. The largest absolute Gasteiger partial charge is 0.224 e. The van der Waals surface area contributed by atoms with Crippen molar-refractivity contribution < 1.29 is 12.8 Å². The summed E-state index contributed by atoms with van der Waals surface area (Å²) in [4.78, 5) is 0.0428. The fraction of sp³-hybridized carbons (Fsp3) is 0.500. The number of rotatable bonds is 2. The summed E-state index contributed by atoms with van der Waals surface area (Å²) >= 11 is 0. The van der Waals surface area contributed by atoms with Crippen molar-refractivity contribution >= 4 is 9.84 Å². The van der Waals surface area contributed by atoms with Gasteiger partial charge in [-0.25, -0.2) is 12.8 Å². The van der Waals surface area contributed by atoms with Gasteiger partial charge in [-0.2, -0.15) is 0 Å². The van der Waals surface area contributed by atoms with E-state index in [9.17, 15) is 12.8 Å². The van der Waals surface area contributed by atoms with Crippen LogP contribution in [-0.2, 0) is 9.84 Å². The summed E-state index contributed by atoms with van der Waals surface area (Å²) < 4.78 is 35.4. The minimum Gasteiger partial charge on any atom is -0.224 e. The number of sulfone groups is 1. The Hall–Kier alpha value is -0.900. The van der Waals surface area contributed by atoms with Crippen LogP contribution in [0.5, 0.6) is 0 Å². The van der Waals surface area contributed by atoms with Crippen LogP contribution in [0.4, 0.5) is 4.39 Å². The van der Waals surface area contributed by atoms with E-state index in [1.54, 1.807) is 0 Å². The van der Waals surface area contributed by atoms with Gasteiger partial charge in [0.15, 0.2) is 9.84 Å². The predicted octanol–water partition coefficient (Wildman–Crippen LogP) is 3.38. The minimum absolute atomic E-state index is 0.0428. The first-order valence-corrected chi connectivity index (χ1v) is 7.20. The molecule has 0 saturated carbocycles. The lowest BCUT2D eigenvalue weighted by molar-refractivity contribution is 0.594. The Balaban J connectivity index is 0.00000106. The average Bonchev–Trinajstić information content (AvgIpc) is 2.18. The first-order valence-electron chi connectivity index (χ1n) is 5.31. The van der Waals surface area contributed by atoms with E-state index in [4.69, 9.17) is 0 Å². The second kappa shape index (κ2) is 5.99. The monoisotopic (exact) mass is 246 g/mol. The van der Waals surface area contributed by atoms with E-state index in [0.29, 0.717) is 5.56 Å². The highest BCUT2D eigenvalue weighted by Crippen LogP contribution is 2.20. The van der Waals surface area contributed by atoms with Crippen LogP contribution >= 0.6 is 0 Å². The first-order chi connectivity index (χ1) is 7.30. The molecule has 0 fully saturated rings. The van der Waals surface area contributed by atoms with Crippen LogP contribution in [0.1, 0.15) is 39.2 Å². The van der Waals surface area contributed by atoms with Gasteiger partial charge in [-0.3, -0.25) is 0 Å². The molecule has 92 valence electrons. The molecule has 0 spiro atoms. The second-order valence-electron chi connectivity index (χ2n) is 3.65. The molecule has 1 aromatic carbocycles. The van der Waals surface area contributed by atoms with Crippen molar-refractivity contribution in [1.29, 1.82) is 0 Å². The lowest BCUT2D eigenvalue weighted by Gasteiger charge is -2.07. The van der Waals surface area contributed by atoms with E-state index in [2.05, 4.69) is 0 Å². The average molecular weight is 246 g/mol. The van der Waals surface area contributed by atoms with E-state index < -0.39 is 15.7 Å². The second-order valence-corrected chi connectivity index (χ2v) is 5.66. The van der Waals surface area contributed by atoms with E-state index in [1.807, 2.05) is 27.7 Å². The standard InChI is InChI=1S/C10H13FO2S.C2H6/c1-7(2)8-4-9(11)6-10(5-8)14(3,12)13;1-2/h4-7H,1-3H3;1-2H3. The van der Waals surface area contributed by atoms with Crippen molar-refractivity contribution in [2.75, 3.05) is 6.26 Å². The lowest BCUT2D eigenvalue weighted by atomic mass is 10.0. The molecular weight excluding hydrogens is 227 g/mol. The van der Waals surface area contributed by atoms with Crippen LogP contribution in [0.25, 0.3) is 0 Å². The fourth-order valence-corrected chi connectivity index (χ4v) is 1.81. The highest BCUT2D eigenvalue weighted by atomic mass is 32.2. The Kier molecular flexibility index (Phi) is 5.65. The van der Waals surface area contributed by atoms with Crippen molar-refractivity contribution in [3.05, 3.63) is 29.6 Å². The number of hydrogen-bond acceptors (Lipinski definition) is 2. The summed E-state index contributed by atoms with van der Waals surface area (Å²) in [5.74, 6) is -0.386.